The molecule has 1 aromatic heterocycles. The van der Waals surface area contributed by atoms with Crippen LogP contribution in [-0.4, -0.2) is 55.5 Å². The number of halogens is 1. The second-order valence-corrected chi connectivity index (χ2v) is 9.76. The fourth-order valence-electron chi connectivity index (χ4n) is 2.81. The fraction of sp³-hybridized carbons (Fsp3) is 0.238. The molecule has 9 heteroatoms. The van der Waals surface area contributed by atoms with Crippen LogP contribution in [0.1, 0.15) is 16.8 Å². The van der Waals surface area contributed by atoms with Crippen molar-refractivity contribution in [2.75, 3.05) is 26.5 Å². The molecule has 7 nitrogen and oxygen atoms in total. The molecule has 0 aliphatic carbocycles. The summed E-state index contributed by atoms with van der Waals surface area (Å²) in [4.78, 5) is 14.5. The van der Waals surface area contributed by atoms with Crippen LogP contribution in [-0.2, 0) is 9.84 Å². The van der Waals surface area contributed by atoms with E-state index in [0.29, 0.717) is 30.9 Å². The van der Waals surface area contributed by atoms with Gasteiger partial charge in [0.15, 0.2) is 9.84 Å². The number of carbonyl (C=O) groups excluding carboxylic acids is 1. The van der Waals surface area contributed by atoms with Crippen LogP contribution in [0.3, 0.4) is 0 Å². The van der Waals surface area contributed by atoms with Gasteiger partial charge in [0.2, 0.25) is 0 Å². The van der Waals surface area contributed by atoms with Gasteiger partial charge in [-0.05, 0) is 64.8 Å². The van der Waals surface area contributed by atoms with Crippen molar-refractivity contribution in [2.24, 2.45) is 0 Å². The molecule has 0 unspecified atom stereocenters. The molecule has 0 fully saturated rings. The van der Waals surface area contributed by atoms with E-state index in [4.69, 9.17) is 4.74 Å². The van der Waals surface area contributed by atoms with Crippen molar-refractivity contribution in [3.63, 3.8) is 0 Å². The topological polar surface area (TPSA) is 81.5 Å². The van der Waals surface area contributed by atoms with Crippen molar-refractivity contribution in [1.82, 2.24) is 14.7 Å². The summed E-state index contributed by atoms with van der Waals surface area (Å²) in [7, 11) is -1.53. The van der Waals surface area contributed by atoms with Crippen molar-refractivity contribution >= 4 is 31.7 Å². The number of carbonyl (C=O) groups is 1. The first kappa shape index (κ1) is 22.0. The minimum absolute atomic E-state index is 0.0812. The van der Waals surface area contributed by atoms with Gasteiger partial charge in [0.25, 0.3) is 5.91 Å². The van der Waals surface area contributed by atoms with Gasteiger partial charge in [-0.25, -0.2) is 13.1 Å². The van der Waals surface area contributed by atoms with Crippen LogP contribution >= 0.6 is 15.9 Å². The lowest BCUT2D eigenvalue weighted by Crippen LogP contribution is -2.28. The smallest absolute Gasteiger partial charge is 0.253 e. The van der Waals surface area contributed by atoms with Crippen LogP contribution in [0.15, 0.2) is 70.3 Å². The maximum absolute atomic E-state index is 12.6. The predicted octanol–water partition coefficient (Wildman–Crippen LogP) is 3.58. The maximum atomic E-state index is 12.6. The zero-order valence-corrected chi connectivity index (χ0v) is 19.1. The number of rotatable bonds is 8. The third-order valence-electron chi connectivity index (χ3n) is 4.42. The Balaban J connectivity index is 1.50. The van der Waals surface area contributed by atoms with E-state index in [-0.39, 0.29) is 10.8 Å². The Hall–Kier alpha value is -2.65. The molecule has 30 heavy (non-hydrogen) atoms. The Morgan fingerprint density at radius 1 is 1.20 bits per heavy atom. The number of ether oxygens (including phenoxy) is 1. The molecule has 0 atom stereocenters. The van der Waals surface area contributed by atoms with E-state index in [9.17, 15) is 13.2 Å². The quantitative estimate of drug-likeness (QED) is 0.449. The molecule has 0 radical (unpaired) electrons. The highest BCUT2D eigenvalue weighted by Crippen LogP contribution is 2.18. The van der Waals surface area contributed by atoms with Crippen LogP contribution in [0, 0.1) is 0 Å². The van der Waals surface area contributed by atoms with Crippen molar-refractivity contribution in [1.29, 1.82) is 0 Å². The number of aromatic nitrogens is 2. The number of benzene rings is 2. The summed E-state index contributed by atoms with van der Waals surface area (Å²) < 4.78 is 31.5. The monoisotopic (exact) mass is 491 g/mol. The highest BCUT2D eigenvalue weighted by molar-refractivity contribution is 9.10. The molecule has 3 rings (SSSR count). The normalized spacial score (nSPS) is 11.3. The summed E-state index contributed by atoms with van der Waals surface area (Å²) in [5, 5.41) is 4.22. The maximum Gasteiger partial charge on any atom is 0.253 e. The second kappa shape index (κ2) is 9.44. The van der Waals surface area contributed by atoms with Gasteiger partial charge in [-0.2, -0.15) is 5.10 Å². The SMILES string of the molecule is CN(CCCOc1cccc(S(C)(=O)=O)c1)C(=O)c1ccc(-n2cc(Br)cn2)cc1. The number of hydrogen-bond acceptors (Lipinski definition) is 5. The minimum atomic E-state index is -3.27. The molecule has 158 valence electrons. The summed E-state index contributed by atoms with van der Waals surface area (Å²) >= 11 is 3.36. The Bertz CT molecular complexity index is 1130. The first-order chi connectivity index (χ1) is 14.2. The van der Waals surface area contributed by atoms with E-state index in [1.165, 1.54) is 12.1 Å². The third kappa shape index (κ3) is 5.70. The number of amides is 1. The van der Waals surface area contributed by atoms with Gasteiger partial charge in [0.1, 0.15) is 5.75 Å². The van der Waals surface area contributed by atoms with Gasteiger partial charge in [-0.3, -0.25) is 4.79 Å². The largest absolute Gasteiger partial charge is 0.493 e. The van der Waals surface area contributed by atoms with E-state index in [2.05, 4.69) is 21.0 Å². The van der Waals surface area contributed by atoms with Crippen molar-refractivity contribution in [3.8, 4) is 11.4 Å². The van der Waals surface area contributed by atoms with Gasteiger partial charge in [0, 0.05) is 31.6 Å². The lowest BCUT2D eigenvalue weighted by Gasteiger charge is -2.17. The molecule has 0 spiro atoms. The highest BCUT2D eigenvalue weighted by atomic mass is 79.9. The molecule has 0 N–H and O–H groups in total. The first-order valence-electron chi connectivity index (χ1n) is 9.23. The molecular formula is C21H22BrN3O4S. The number of nitrogens with zero attached hydrogens (tertiary/aromatic N) is 3. The zero-order valence-electron chi connectivity index (χ0n) is 16.7. The summed E-state index contributed by atoms with van der Waals surface area (Å²) in [5.41, 5.74) is 1.46. The van der Waals surface area contributed by atoms with Crippen LogP contribution < -0.4 is 4.74 Å². The zero-order chi connectivity index (χ0) is 21.7. The Morgan fingerprint density at radius 3 is 2.57 bits per heavy atom. The van der Waals surface area contributed by atoms with Crippen LogP contribution in [0.2, 0.25) is 0 Å². The van der Waals surface area contributed by atoms with E-state index < -0.39 is 9.84 Å². The average molecular weight is 492 g/mol. The summed E-state index contributed by atoms with van der Waals surface area (Å²) in [6.07, 6.45) is 5.32. The molecule has 0 saturated heterocycles. The Morgan fingerprint density at radius 2 is 1.93 bits per heavy atom. The average Bonchev–Trinajstić information content (AvgIpc) is 3.16. The molecule has 0 saturated carbocycles. The van der Waals surface area contributed by atoms with E-state index >= 15 is 0 Å². The summed E-state index contributed by atoms with van der Waals surface area (Å²) in [6.45, 7) is 0.885. The van der Waals surface area contributed by atoms with E-state index in [0.717, 1.165) is 16.4 Å². The van der Waals surface area contributed by atoms with Gasteiger partial charge >= 0.3 is 0 Å². The van der Waals surface area contributed by atoms with Crippen molar-refractivity contribution in [2.45, 2.75) is 11.3 Å². The molecule has 0 aliphatic heterocycles. The van der Waals surface area contributed by atoms with Crippen molar-refractivity contribution in [3.05, 3.63) is 71.0 Å². The minimum Gasteiger partial charge on any atom is -0.493 e. The molecule has 1 heterocycles. The van der Waals surface area contributed by atoms with Crippen LogP contribution in [0.5, 0.6) is 5.75 Å². The lowest BCUT2D eigenvalue weighted by molar-refractivity contribution is 0.0788. The van der Waals surface area contributed by atoms with Crippen molar-refractivity contribution < 1.29 is 17.9 Å². The van der Waals surface area contributed by atoms with Gasteiger partial charge in [-0.1, -0.05) is 6.07 Å². The summed E-state index contributed by atoms with van der Waals surface area (Å²) in [6, 6.07) is 13.6. The predicted molar refractivity (Wildman–Crippen MR) is 118 cm³/mol. The summed E-state index contributed by atoms with van der Waals surface area (Å²) in [5.74, 6) is 0.412. The van der Waals surface area contributed by atoms with Gasteiger partial charge < -0.3 is 9.64 Å². The number of hydrogen-bond donors (Lipinski definition) is 0. The second-order valence-electron chi connectivity index (χ2n) is 6.83. The van der Waals surface area contributed by atoms with Crippen LogP contribution in [0.25, 0.3) is 5.69 Å². The fourth-order valence-corrected chi connectivity index (χ4v) is 3.75. The Kier molecular flexibility index (Phi) is 6.94. The third-order valence-corrected chi connectivity index (χ3v) is 5.94. The highest BCUT2D eigenvalue weighted by Gasteiger charge is 2.12. The molecule has 3 aromatic rings. The molecular weight excluding hydrogens is 470 g/mol. The van der Waals surface area contributed by atoms with E-state index in [1.54, 1.807) is 47.1 Å². The van der Waals surface area contributed by atoms with E-state index in [1.807, 2.05) is 18.3 Å². The van der Waals surface area contributed by atoms with Gasteiger partial charge in [-0.15, -0.1) is 0 Å². The van der Waals surface area contributed by atoms with Crippen LogP contribution in [0.4, 0.5) is 0 Å². The first-order valence-corrected chi connectivity index (χ1v) is 11.9. The standard InChI is InChI=1S/C21H22BrN3O4S/c1-24(11-4-12-29-19-5-3-6-20(13-19)30(2,27)28)21(26)16-7-9-18(10-8-16)25-15-17(22)14-23-25/h3,5-10,13-15H,4,11-12H2,1-2H3. The molecule has 0 bridgehead atoms. The molecule has 2 aromatic carbocycles. The lowest BCUT2D eigenvalue weighted by atomic mass is 10.2. The Labute approximate surface area is 184 Å². The molecule has 0 aliphatic rings. The van der Waals surface area contributed by atoms with Gasteiger partial charge in [0.05, 0.1) is 27.9 Å². The number of sulfone groups is 1. The molecule has 1 amide bonds.